The molecule has 1 aliphatic rings. The zero-order chi connectivity index (χ0) is 22.2. The van der Waals surface area contributed by atoms with Gasteiger partial charge in [-0.3, -0.25) is 19.8 Å². The summed E-state index contributed by atoms with van der Waals surface area (Å²) in [5.74, 6) is -0.149. The number of rotatable bonds is 9. The zero-order valence-corrected chi connectivity index (χ0v) is 18.1. The molecule has 1 heterocycles. The molecule has 166 valence electrons. The minimum Gasteiger partial charge on any atom is -0.490 e. The van der Waals surface area contributed by atoms with Crippen LogP contribution in [0.5, 0.6) is 5.75 Å². The Bertz CT molecular complexity index is 914. The number of carbonyl (C=O) groups excluding carboxylic acids is 2. The maximum absolute atomic E-state index is 12.4. The summed E-state index contributed by atoms with van der Waals surface area (Å²) in [5, 5.41) is 11.8. The third-order valence-corrected chi connectivity index (χ3v) is 5.63. The molecule has 3 N–H and O–H groups in total. The molecule has 8 nitrogen and oxygen atoms in total. The first-order valence-corrected chi connectivity index (χ1v) is 10.7. The second-order valence-electron chi connectivity index (χ2n) is 7.57. The van der Waals surface area contributed by atoms with Crippen molar-refractivity contribution in [3.8, 4) is 5.75 Å². The topological polar surface area (TPSA) is 104 Å². The Balaban J connectivity index is 1.60. The molecule has 0 saturated carbocycles. The third kappa shape index (κ3) is 6.02. The van der Waals surface area contributed by atoms with E-state index in [1.807, 2.05) is 6.07 Å². The minimum absolute atomic E-state index is 0.0686. The molecule has 0 radical (unpaired) electrons. The van der Waals surface area contributed by atoms with Gasteiger partial charge < -0.3 is 15.0 Å². The summed E-state index contributed by atoms with van der Waals surface area (Å²) in [6.45, 7) is 7.46. The lowest BCUT2D eigenvalue weighted by Crippen LogP contribution is -2.35. The van der Waals surface area contributed by atoms with Crippen LogP contribution in [-0.4, -0.2) is 59.2 Å². The van der Waals surface area contributed by atoms with Crippen LogP contribution in [-0.2, 0) is 12.8 Å². The molecule has 1 aromatic heterocycles. The molecule has 8 heteroatoms. The number of nitrogens with zero attached hydrogens (tertiary/aromatic N) is 2. The van der Waals surface area contributed by atoms with Crippen LogP contribution in [0, 0.1) is 0 Å². The number of amides is 2. The number of aryl methyl sites for hydroxylation is 1. The van der Waals surface area contributed by atoms with E-state index in [4.69, 9.17) is 9.94 Å². The van der Waals surface area contributed by atoms with Crippen LogP contribution in [0.3, 0.4) is 0 Å². The fourth-order valence-corrected chi connectivity index (χ4v) is 3.79. The largest absolute Gasteiger partial charge is 0.490 e. The van der Waals surface area contributed by atoms with Gasteiger partial charge in [-0.15, -0.1) is 0 Å². The molecular weight excluding hydrogens is 396 g/mol. The maximum atomic E-state index is 12.4. The number of carbonyl (C=O) groups is 2. The first-order valence-electron chi connectivity index (χ1n) is 10.7. The van der Waals surface area contributed by atoms with Gasteiger partial charge >= 0.3 is 0 Å². The molecule has 0 aliphatic heterocycles. The van der Waals surface area contributed by atoms with E-state index in [9.17, 15) is 9.59 Å². The number of hydrogen-bond donors (Lipinski definition) is 3. The van der Waals surface area contributed by atoms with Crippen molar-refractivity contribution < 1.29 is 19.5 Å². The van der Waals surface area contributed by atoms with Gasteiger partial charge in [0.05, 0.1) is 0 Å². The van der Waals surface area contributed by atoms with Crippen LogP contribution in [0.25, 0.3) is 0 Å². The van der Waals surface area contributed by atoms with Crippen molar-refractivity contribution in [2.45, 2.75) is 39.2 Å². The van der Waals surface area contributed by atoms with Crippen LogP contribution in [0.15, 0.2) is 36.5 Å². The van der Waals surface area contributed by atoms with Crippen molar-refractivity contribution in [2.75, 3.05) is 26.2 Å². The Hall–Kier alpha value is -2.97. The Kier molecular flexibility index (Phi) is 7.97. The predicted molar refractivity (Wildman–Crippen MR) is 116 cm³/mol. The van der Waals surface area contributed by atoms with Crippen LogP contribution in [0.2, 0.25) is 0 Å². The lowest BCUT2D eigenvalue weighted by Gasteiger charge is -2.26. The molecule has 1 aromatic carbocycles. The molecular formula is C23H30N4O4. The molecule has 2 aromatic rings. The van der Waals surface area contributed by atoms with Gasteiger partial charge in [0.2, 0.25) is 0 Å². The van der Waals surface area contributed by atoms with Crippen molar-refractivity contribution in [1.29, 1.82) is 0 Å². The summed E-state index contributed by atoms with van der Waals surface area (Å²) in [6, 6.07) is 8.83. The van der Waals surface area contributed by atoms with Gasteiger partial charge in [0, 0.05) is 37.3 Å². The predicted octanol–water partition coefficient (Wildman–Crippen LogP) is 2.21. The van der Waals surface area contributed by atoms with Gasteiger partial charge in [-0.05, 0) is 55.3 Å². The number of hydroxylamine groups is 1. The summed E-state index contributed by atoms with van der Waals surface area (Å²) < 4.78 is 6.13. The summed E-state index contributed by atoms with van der Waals surface area (Å²) in [6.07, 6.45) is 3.84. The molecule has 0 saturated heterocycles. The monoisotopic (exact) mass is 426 g/mol. The highest BCUT2D eigenvalue weighted by Gasteiger charge is 2.22. The number of fused-ring (bicyclic) bond motifs is 1. The van der Waals surface area contributed by atoms with Gasteiger partial charge in [0.1, 0.15) is 17.5 Å². The van der Waals surface area contributed by atoms with Crippen molar-refractivity contribution in [2.24, 2.45) is 0 Å². The lowest BCUT2D eigenvalue weighted by molar-refractivity contribution is 0.0706. The molecule has 1 aliphatic carbocycles. The van der Waals surface area contributed by atoms with Gasteiger partial charge in [0.15, 0.2) is 0 Å². The Morgan fingerprint density at radius 3 is 2.71 bits per heavy atom. The average molecular weight is 427 g/mol. The van der Waals surface area contributed by atoms with E-state index in [2.05, 4.69) is 29.0 Å². The van der Waals surface area contributed by atoms with Crippen LogP contribution < -0.4 is 15.5 Å². The number of likely N-dealkylation sites (N-methyl/N-ethyl adjacent to an activating group) is 1. The standard InChI is InChI=1S/C23H30N4O4/c1-3-27(4-2)12-11-25-23(29)21-15-20(9-10-24-21)31-19-8-7-16-5-6-17(22(28)26-30)13-18(16)14-19/h5-6,9-10,13,15,19,30H,3-4,7-8,11-12,14H2,1-2H3,(H,25,29)(H,26,28). The third-order valence-electron chi connectivity index (χ3n) is 5.63. The lowest BCUT2D eigenvalue weighted by atomic mass is 9.88. The van der Waals surface area contributed by atoms with E-state index in [1.54, 1.807) is 35.9 Å². The molecule has 3 rings (SSSR count). The Morgan fingerprint density at radius 1 is 1.16 bits per heavy atom. The Labute approximate surface area is 182 Å². The minimum atomic E-state index is -0.531. The fraction of sp³-hybridized carbons (Fsp3) is 0.435. The van der Waals surface area contributed by atoms with E-state index < -0.39 is 5.91 Å². The maximum Gasteiger partial charge on any atom is 0.274 e. The first kappa shape index (κ1) is 22.7. The van der Waals surface area contributed by atoms with Crippen molar-refractivity contribution >= 4 is 11.8 Å². The normalized spacial score (nSPS) is 15.3. The summed E-state index contributed by atoms with van der Waals surface area (Å²) in [4.78, 5) is 30.5. The highest BCUT2D eigenvalue weighted by atomic mass is 16.5. The number of ether oxygens (including phenoxy) is 1. The fourth-order valence-electron chi connectivity index (χ4n) is 3.79. The average Bonchev–Trinajstić information content (AvgIpc) is 2.81. The number of hydrogen-bond acceptors (Lipinski definition) is 6. The Morgan fingerprint density at radius 2 is 1.97 bits per heavy atom. The van der Waals surface area contributed by atoms with E-state index in [1.165, 1.54) is 5.56 Å². The van der Waals surface area contributed by atoms with Crippen LogP contribution >= 0.6 is 0 Å². The second-order valence-corrected chi connectivity index (χ2v) is 7.57. The SMILES string of the molecule is CCN(CC)CCNC(=O)c1cc(OC2CCc3ccc(C(=O)NO)cc3C2)ccn1. The number of benzene rings is 1. The highest BCUT2D eigenvalue weighted by Crippen LogP contribution is 2.26. The van der Waals surface area contributed by atoms with Crippen molar-refractivity contribution in [3.63, 3.8) is 0 Å². The smallest absolute Gasteiger partial charge is 0.274 e. The van der Waals surface area contributed by atoms with Gasteiger partial charge in [0.25, 0.3) is 11.8 Å². The molecule has 0 spiro atoms. The quantitative estimate of drug-likeness (QED) is 0.420. The van der Waals surface area contributed by atoms with Crippen molar-refractivity contribution in [3.05, 3.63) is 58.9 Å². The van der Waals surface area contributed by atoms with Crippen molar-refractivity contribution in [1.82, 2.24) is 20.7 Å². The summed E-state index contributed by atoms with van der Waals surface area (Å²) >= 11 is 0. The number of aromatic nitrogens is 1. The summed E-state index contributed by atoms with van der Waals surface area (Å²) in [7, 11) is 0. The molecule has 0 bridgehead atoms. The zero-order valence-electron chi connectivity index (χ0n) is 18.1. The number of pyridine rings is 1. The van der Waals surface area contributed by atoms with Gasteiger partial charge in [-0.25, -0.2) is 5.48 Å². The van der Waals surface area contributed by atoms with E-state index in [-0.39, 0.29) is 12.0 Å². The first-order chi connectivity index (χ1) is 15.0. The number of nitrogens with one attached hydrogen (secondary N) is 2. The van der Waals surface area contributed by atoms with E-state index in [0.717, 1.165) is 38.0 Å². The molecule has 1 unspecified atom stereocenters. The molecule has 1 atom stereocenters. The van der Waals surface area contributed by atoms with Crippen LogP contribution in [0.1, 0.15) is 52.2 Å². The molecule has 2 amide bonds. The molecule has 0 fully saturated rings. The van der Waals surface area contributed by atoms with Crippen LogP contribution in [0.4, 0.5) is 0 Å². The summed E-state index contributed by atoms with van der Waals surface area (Å²) in [5.41, 5.74) is 4.61. The second kappa shape index (κ2) is 10.9. The van der Waals surface area contributed by atoms with E-state index >= 15 is 0 Å². The highest BCUT2D eigenvalue weighted by molar-refractivity contribution is 5.93. The van der Waals surface area contributed by atoms with E-state index in [0.29, 0.717) is 30.0 Å². The van der Waals surface area contributed by atoms with Gasteiger partial charge in [-0.1, -0.05) is 19.9 Å². The molecule has 31 heavy (non-hydrogen) atoms. The van der Waals surface area contributed by atoms with Gasteiger partial charge in [-0.2, -0.15) is 0 Å².